The monoisotopic (exact) mass is 253 g/mol. The predicted molar refractivity (Wildman–Crippen MR) is 59.2 cm³/mol. The van der Waals surface area contributed by atoms with Gasteiger partial charge in [-0.15, -0.1) is 0 Å². The van der Waals surface area contributed by atoms with Gasteiger partial charge < -0.3 is 5.11 Å². The molecule has 0 heterocycles. The Labute approximate surface area is 92.3 Å². The quantitative estimate of drug-likeness (QED) is 0.835. The van der Waals surface area contributed by atoms with Gasteiger partial charge in [-0.2, -0.15) is 5.26 Å². The largest absolute Gasteiger partial charge is 0.508 e. The van der Waals surface area contributed by atoms with Crippen molar-refractivity contribution >= 4 is 15.9 Å². The summed E-state index contributed by atoms with van der Waals surface area (Å²) < 4.78 is 0.779. The Bertz CT molecular complexity index is 381. The number of nitrogens with zero attached hydrogens (tertiary/aromatic N) is 1. The molecule has 0 fully saturated rings. The number of aryl methyl sites for hydroxylation is 1. The lowest BCUT2D eigenvalue weighted by atomic mass is 9.85. The van der Waals surface area contributed by atoms with Crippen LogP contribution in [0.2, 0.25) is 0 Å². The number of phenolic OH excluding ortho intramolecular Hbond substituents is 1. The fourth-order valence-electron chi connectivity index (χ4n) is 1.40. The lowest BCUT2D eigenvalue weighted by molar-refractivity contribution is 0.455. The molecule has 0 amide bonds. The predicted octanol–water partition coefficient (Wildman–Crippen LogP) is 3.26. The van der Waals surface area contributed by atoms with Crippen LogP contribution in [-0.2, 0) is 5.41 Å². The number of halogens is 1. The standard InChI is InChI=1S/C11H12BrNO/c1-7-4-8(12)10(9(14)5-7)11(2,3)6-13/h4-5,14H,1-3H3. The fraction of sp³-hybridized carbons (Fsp3) is 0.364. The minimum Gasteiger partial charge on any atom is -0.508 e. The zero-order valence-electron chi connectivity index (χ0n) is 8.43. The summed E-state index contributed by atoms with van der Waals surface area (Å²) in [6, 6.07) is 5.73. The lowest BCUT2D eigenvalue weighted by Gasteiger charge is -2.19. The highest BCUT2D eigenvalue weighted by Crippen LogP contribution is 2.37. The highest BCUT2D eigenvalue weighted by atomic mass is 79.9. The molecular weight excluding hydrogens is 242 g/mol. The Morgan fingerprint density at radius 1 is 1.43 bits per heavy atom. The third-order valence-electron chi connectivity index (χ3n) is 2.12. The van der Waals surface area contributed by atoms with Crippen molar-refractivity contribution in [1.82, 2.24) is 0 Å². The molecule has 2 nitrogen and oxygen atoms in total. The van der Waals surface area contributed by atoms with Gasteiger partial charge in [-0.25, -0.2) is 0 Å². The van der Waals surface area contributed by atoms with E-state index in [0.29, 0.717) is 5.56 Å². The molecule has 0 saturated carbocycles. The van der Waals surface area contributed by atoms with Gasteiger partial charge in [0, 0.05) is 10.0 Å². The van der Waals surface area contributed by atoms with Gasteiger partial charge in [0.05, 0.1) is 11.5 Å². The number of hydrogen-bond acceptors (Lipinski definition) is 2. The third kappa shape index (κ3) is 1.91. The maximum atomic E-state index is 9.76. The van der Waals surface area contributed by atoms with E-state index in [9.17, 15) is 5.11 Å². The number of hydrogen-bond donors (Lipinski definition) is 1. The number of rotatable bonds is 1. The van der Waals surface area contributed by atoms with Crippen LogP contribution in [0.3, 0.4) is 0 Å². The van der Waals surface area contributed by atoms with Crippen molar-refractivity contribution in [2.75, 3.05) is 0 Å². The first-order chi connectivity index (χ1) is 6.38. The van der Waals surface area contributed by atoms with Gasteiger partial charge in [0.2, 0.25) is 0 Å². The van der Waals surface area contributed by atoms with Crippen molar-refractivity contribution in [3.8, 4) is 11.8 Å². The van der Waals surface area contributed by atoms with Crippen molar-refractivity contribution in [3.05, 3.63) is 27.7 Å². The maximum Gasteiger partial charge on any atom is 0.121 e. The number of phenols is 1. The van der Waals surface area contributed by atoms with Crippen molar-refractivity contribution in [3.63, 3.8) is 0 Å². The van der Waals surface area contributed by atoms with E-state index in [4.69, 9.17) is 5.26 Å². The molecular formula is C11H12BrNO. The Kier molecular flexibility index (Phi) is 2.86. The van der Waals surface area contributed by atoms with Crippen LogP contribution >= 0.6 is 15.9 Å². The summed E-state index contributed by atoms with van der Waals surface area (Å²) in [4.78, 5) is 0. The summed E-state index contributed by atoms with van der Waals surface area (Å²) in [7, 11) is 0. The SMILES string of the molecule is Cc1cc(O)c(C(C)(C)C#N)c(Br)c1. The second-order valence-corrected chi connectivity index (χ2v) is 4.73. The lowest BCUT2D eigenvalue weighted by Crippen LogP contribution is -2.15. The molecule has 0 atom stereocenters. The van der Waals surface area contributed by atoms with E-state index in [-0.39, 0.29) is 5.75 Å². The van der Waals surface area contributed by atoms with E-state index >= 15 is 0 Å². The first-order valence-corrected chi connectivity index (χ1v) is 5.08. The van der Waals surface area contributed by atoms with Crippen LogP contribution < -0.4 is 0 Å². The van der Waals surface area contributed by atoms with Crippen molar-refractivity contribution < 1.29 is 5.11 Å². The van der Waals surface area contributed by atoms with E-state index < -0.39 is 5.41 Å². The number of nitriles is 1. The molecule has 0 aliphatic heterocycles. The molecule has 0 aliphatic carbocycles. The number of benzene rings is 1. The summed E-state index contributed by atoms with van der Waals surface area (Å²) in [5, 5.41) is 18.7. The van der Waals surface area contributed by atoms with E-state index in [2.05, 4.69) is 22.0 Å². The van der Waals surface area contributed by atoms with Gasteiger partial charge in [0.1, 0.15) is 5.75 Å². The first-order valence-electron chi connectivity index (χ1n) is 4.29. The third-order valence-corrected chi connectivity index (χ3v) is 2.74. The Hall–Kier alpha value is -1.01. The molecule has 0 unspecified atom stereocenters. The minimum atomic E-state index is -0.684. The Morgan fingerprint density at radius 2 is 2.00 bits per heavy atom. The van der Waals surface area contributed by atoms with Crippen LogP contribution in [-0.4, -0.2) is 5.11 Å². The van der Waals surface area contributed by atoms with Gasteiger partial charge in [-0.05, 0) is 38.5 Å². The molecule has 0 saturated heterocycles. The van der Waals surface area contributed by atoms with Crippen LogP contribution in [0, 0.1) is 18.3 Å². The van der Waals surface area contributed by atoms with Gasteiger partial charge in [-0.1, -0.05) is 15.9 Å². The summed E-state index contributed by atoms with van der Waals surface area (Å²) in [5.74, 6) is 0.170. The molecule has 14 heavy (non-hydrogen) atoms. The van der Waals surface area contributed by atoms with E-state index in [1.807, 2.05) is 13.0 Å². The molecule has 1 aromatic rings. The van der Waals surface area contributed by atoms with Crippen molar-refractivity contribution in [2.24, 2.45) is 0 Å². The van der Waals surface area contributed by atoms with E-state index in [0.717, 1.165) is 10.0 Å². The molecule has 0 radical (unpaired) electrons. The van der Waals surface area contributed by atoms with Crippen LogP contribution in [0.1, 0.15) is 25.0 Å². The summed E-state index contributed by atoms with van der Waals surface area (Å²) in [6.45, 7) is 5.46. The molecule has 1 aromatic carbocycles. The first kappa shape index (κ1) is 11.1. The van der Waals surface area contributed by atoms with Crippen LogP contribution in [0.25, 0.3) is 0 Å². The molecule has 0 bridgehead atoms. The van der Waals surface area contributed by atoms with E-state index in [1.54, 1.807) is 19.9 Å². The Morgan fingerprint density at radius 3 is 2.43 bits per heavy atom. The maximum absolute atomic E-state index is 9.76. The fourth-order valence-corrected chi connectivity index (χ4v) is 2.46. The normalized spacial score (nSPS) is 11.1. The summed E-state index contributed by atoms with van der Waals surface area (Å²) in [6.07, 6.45) is 0. The van der Waals surface area contributed by atoms with Crippen LogP contribution in [0.4, 0.5) is 0 Å². The second-order valence-electron chi connectivity index (χ2n) is 3.88. The highest BCUT2D eigenvalue weighted by Gasteiger charge is 2.26. The molecule has 0 spiro atoms. The average Bonchev–Trinajstić information content (AvgIpc) is 2.01. The van der Waals surface area contributed by atoms with Crippen molar-refractivity contribution in [2.45, 2.75) is 26.2 Å². The zero-order valence-corrected chi connectivity index (χ0v) is 10.0. The Balaban J connectivity index is 3.44. The molecule has 1 N–H and O–H groups in total. The van der Waals surface area contributed by atoms with Crippen LogP contribution in [0.5, 0.6) is 5.75 Å². The summed E-state index contributed by atoms with van der Waals surface area (Å²) in [5.41, 5.74) is 0.925. The highest BCUT2D eigenvalue weighted by molar-refractivity contribution is 9.10. The average molecular weight is 254 g/mol. The van der Waals surface area contributed by atoms with Crippen molar-refractivity contribution in [1.29, 1.82) is 5.26 Å². The molecule has 0 aromatic heterocycles. The summed E-state index contributed by atoms with van der Waals surface area (Å²) >= 11 is 3.36. The topological polar surface area (TPSA) is 44.0 Å². The minimum absolute atomic E-state index is 0.170. The molecule has 74 valence electrons. The van der Waals surface area contributed by atoms with Gasteiger partial charge in [0.15, 0.2) is 0 Å². The molecule has 0 aliphatic rings. The van der Waals surface area contributed by atoms with E-state index in [1.165, 1.54) is 0 Å². The molecule has 1 rings (SSSR count). The van der Waals surface area contributed by atoms with Crippen LogP contribution in [0.15, 0.2) is 16.6 Å². The zero-order chi connectivity index (χ0) is 10.9. The van der Waals surface area contributed by atoms with Gasteiger partial charge in [0.25, 0.3) is 0 Å². The number of aromatic hydroxyl groups is 1. The second kappa shape index (κ2) is 3.62. The van der Waals surface area contributed by atoms with Gasteiger partial charge >= 0.3 is 0 Å². The molecule has 3 heteroatoms. The smallest absolute Gasteiger partial charge is 0.121 e. The van der Waals surface area contributed by atoms with Gasteiger partial charge in [-0.3, -0.25) is 0 Å².